The number of nitrogens with zero attached hydrogens (tertiary/aromatic N) is 3. The monoisotopic (exact) mass is 425 g/mol. The zero-order valence-corrected chi connectivity index (χ0v) is 16.6. The first kappa shape index (κ1) is 20.7. The lowest BCUT2D eigenvalue weighted by Crippen LogP contribution is -2.42. The molecule has 1 unspecified atom stereocenters. The molecule has 31 heavy (non-hydrogen) atoms. The van der Waals surface area contributed by atoms with E-state index in [1.165, 1.54) is 36.4 Å². The first-order valence-electron chi connectivity index (χ1n) is 9.88. The molecule has 1 aliphatic heterocycles. The van der Waals surface area contributed by atoms with Crippen molar-refractivity contribution in [3.63, 3.8) is 0 Å². The number of carbonyl (C=O) groups excluding carboxylic acids is 1. The van der Waals surface area contributed by atoms with Crippen LogP contribution >= 0.6 is 0 Å². The summed E-state index contributed by atoms with van der Waals surface area (Å²) in [4.78, 5) is 18.7. The maximum absolute atomic E-state index is 13.2. The molecule has 1 fully saturated rings. The second-order valence-corrected chi connectivity index (χ2v) is 7.22. The number of aromatic amines is 1. The van der Waals surface area contributed by atoms with Crippen LogP contribution < -0.4 is 5.32 Å². The number of amides is 1. The molecule has 3 N–H and O–H groups in total. The van der Waals surface area contributed by atoms with Gasteiger partial charge in [-0.15, -0.1) is 0 Å². The minimum Gasteiger partial charge on any atom is -0.394 e. The Bertz CT molecular complexity index is 1080. The molecule has 9 heteroatoms. The lowest BCUT2D eigenvalue weighted by molar-refractivity contribution is 0.1000. The van der Waals surface area contributed by atoms with E-state index in [2.05, 4.69) is 20.5 Å². The smallest absolute Gasteiger partial charge is 0.280 e. The van der Waals surface area contributed by atoms with E-state index in [1.807, 2.05) is 4.90 Å². The number of rotatable bonds is 4. The Hall–Kier alpha value is -3.59. The van der Waals surface area contributed by atoms with Gasteiger partial charge in [-0.25, -0.2) is 8.78 Å². The summed E-state index contributed by atoms with van der Waals surface area (Å²) in [6.45, 7) is 0.544. The molecule has 0 saturated carbocycles. The number of carbonyl (C=O) groups is 1. The Labute approximate surface area is 177 Å². The van der Waals surface area contributed by atoms with Crippen LogP contribution in [0, 0.1) is 11.6 Å². The molecule has 1 aliphatic rings. The molecule has 1 aromatic heterocycles. The zero-order chi connectivity index (χ0) is 21.8. The molecule has 3 aromatic rings. The third-order valence-corrected chi connectivity index (χ3v) is 5.12. The van der Waals surface area contributed by atoms with E-state index in [0.29, 0.717) is 18.1 Å². The van der Waals surface area contributed by atoms with Gasteiger partial charge in [0.15, 0.2) is 0 Å². The number of hydrogen-bond acceptors (Lipinski definition) is 3. The van der Waals surface area contributed by atoms with Crippen LogP contribution in [0.1, 0.15) is 23.2 Å². The Morgan fingerprint density at radius 1 is 1.16 bits per heavy atom. The van der Waals surface area contributed by atoms with Crippen LogP contribution in [-0.4, -0.2) is 51.3 Å². The standard InChI is InChI=1S/C22H21F2N5O2/c23-16-7-3-14(4-8-16)19-12-20(28-27-19)25-22(29-11-1-2-18(29)13-30)26-21(31)15-5-9-17(24)10-6-15/h3-10,12,18,30H,1-2,11,13H2,(H2,25,26,27,28,31). The number of aliphatic hydroxyl groups is 1. The summed E-state index contributed by atoms with van der Waals surface area (Å²) in [6.07, 6.45) is 1.62. The van der Waals surface area contributed by atoms with Crippen molar-refractivity contribution in [1.82, 2.24) is 15.1 Å². The van der Waals surface area contributed by atoms with Gasteiger partial charge in [0.2, 0.25) is 5.96 Å². The number of hydrogen-bond donors (Lipinski definition) is 3. The first-order chi connectivity index (χ1) is 15.0. The number of anilines is 1. The molecule has 2 aromatic carbocycles. The van der Waals surface area contributed by atoms with Gasteiger partial charge in [0.05, 0.1) is 18.3 Å². The van der Waals surface area contributed by atoms with Crippen LogP contribution in [0.3, 0.4) is 0 Å². The van der Waals surface area contributed by atoms with Gasteiger partial charge in [0.1, 0.15) is 17.5 Å². The molecule has 160 valence electrons. The maximum Gasteiger partial charge on any atom is 0.280 e. The number of aromatic nitrogens is 2. The van der Waals surface area contributed by atoms with Crippen LogP contribution in [0.5, 0.6) is 0 Å². The lowest BCUT2D eigenvalue weighted by Gasteiger charge is -2.26. The summed E-state index contributed by atoms with van der Waals surface area (Å²) < 4.78 is 26.4. The number of likely N-dealkylation sites (tertiary alicyclic amines) is 1. The Morgan fingerprint density at radius 2 is 1.84 bits per heavy atom. The predicted octanol–water partition coefficient (Wildman–Crippen LogP) is 3.42. The molecule has 1 saturated heterocycles. The largest absolute Gasteiger partial charge is 0.394 e. The van der Waals surface area contributed by atoms with Gasteiger partial charge in [-0.05, 0) is 61.4 Å². The molecule has 2 heterocycles. The molecule has 0 bridgehead atoms. The third kappa shape index (κ3) is 4.77. The van der Waals surface area contributed by atoms with Gasteiger partial charge in [0.25, 0.3) is 5.91 Å². The fourth-order valence-electron chi connectivity index (χ4n) is 3.50. The van der Waals surface area contributed by atoms with E-state index in [0.717, 1.165) is 18.4 Å². The van der Waals surface area contributed by atoms with Crippen LogP contribution in [-0.2, 0) is 0 Å². The Morgan fingerprint density at radius 3 is 2.52 bits per heavy atom. The van der Waals surface area contributed by atoms with Crippen LogP contribution in [0.2, 0.25) is 0 Å². The number of guanidine groups is 1. The summed E-state index contributed by atoms with van der Waals surface area (Å²) in [6, 6.07) is 12.6. The van der Waals surface area contributed by atoms with Gasteiger partial charge in [-0.2, -0.15) is 10.1 Å². The van der Waals surface area contributed by atoms with Crippen molar-refractivity contribution in [3.05, 3.63) is 71.8 Å². The number of benzene rings is 2. The minimum atomic E-state index is -0.538. The average Bonchev–Trinajstić information content (AvgIpc) is 3.43. The highest BCUT2D eigenvalue weighted by molar-refractivity contribution is 6.06. The van der Waals surface area contributed by atoms with Crippen molar-refractivity contribution in [2.24, 2.45) is 4.99 Å². The zero-order valence-electron chi connectivity index (χ0n) is 16.6. The van der Waals surface area contributed by atoms with E-state index in [9.17, 15) is 18.7 Å². The van der Waals surface area contributed by atoms with E-state index in [4.69, 9.17) is 0 Å². The number of aliphatic hydroxyl groups excluding tert-OH is 1. The Balaban J connectivity index is 1.61. The fraction of sp³-hybridized carbons (Fsp3) is 0.227. The predicted molar refractivity (Wildman–Crippen MR) is 113 cm³/mol. The number of H-pyrrole nitrogens is 1. The number of aliphatic imine (C=N–C) groups is 1. The maximum atomic E-state index is 13.2. The van der Waals surface area contributed by atoms with Gasteiger partial charge in [0, 0.05) is 23.7 Å². The second-order valence-electron chi connectivity index (χ2n) is 7.22. The van der Waals surface area contributed by atoms with Crippen molar-refractivity contribution in [2.75, 3.05) is 18.5 Å². The lowest BCUT2D eigenvalue weighted by atomic mass is 10.1. The second kappa shape index (κ2) is 9.05. The van der Waals surface area contributed by atoms with Crippen LogP contribution in [0.4, 0.5) is 14.6 Å². The van der Waals surface area contributed by atoms with Crippen molar-refractivity contribution in [2.45, 2.75) is 18.9 Å². The number of nitrogens with one attached hydrogen (secondary N) is 2. The van der Waals surface area contributed by atoms with E-state index in [1.54, 1.807) is 18.2 Å². The average molecular weight is 425 g/mol. The molecule has 7 nitrogen and oxygen atoms in total. The molecule has 4 rings (SSSR count). The van der Waals surface area contributed by atoms with Gasteiger partial charge < -0.3 is 15.3 Å². The summed E-state index contributed by atoms with van der Waals surface area (Å²) in [5, 5.41) is 19.8. The molecule has 1 amide bonds. The number of halogens is 2. The topological polar surface area (TPSA) is 93.6 Å². The van der Waals surface area contributed by atoms with Gasteiger partial charge in [-0.1, -0.05) is 0 Å². The SMILES string of the molecule is O=C(/N=C(\Nc1cc(-c2ccc(F)cc2)n[nH]1)N1CCCC1CO)c1ccc(F)cc1. The normalized spacial score (nSPS) is 16.5. The summed E-state index contributed by atoms with van der Waals surface area (Å²) in [5.41, 5.74) is 1.56. The summed E-state index contributed by atoms with van der Waals surface area (Å²) in [7, 11) is 0. The fourth-order valence-corrected chi connectivity index (χ4v) is 3.50. The van der Waals surface area contributed by atoms with Crippen LogP contribution in [0.25, 0.3) is 11.3 Å². The Kier molecular flexibility index (Phi) is 6.03. The van der Waals surface area contributed by atoms with E-state index < -0.39 is 11.7 Å². The van der Waals surface area contributed by atoms with Crippen molar-refractivity contribution in [1.29, 1.82) is 0 Å². The molecule has 0 spiro atoms. The van der Waals surface area contributed by atoms with Crippen LogP contribution in [0.15, 0.2) is 59.6 Å². The van der Waals surface area contributed by atoms with Gasteiger partial charge in [-0.3, -0.25) is 9.89 Å². The van der Waals surface area contributed by atoms with E-state index in [-0.39, 0.29) is 30.0 Å². The molecule has 1 atom stereocenters. The van der Waals surface area contributed by atoms with Crippen molar-refractivity contribution in [3.8, 4) is 11.3 Å². The van der Waals surface area contributed by atoms with E-state index >= 15 is 0 Å². The highest BCUT2D eigenvalue weighted by Gasteiger charge is 2.28. The summed E-state index contributed by atoms with van der Waals surface area (Å²) >= 11 is 0. The quantitative estimate of drug-likeness (QED) is 0.440. The molecular weight excluding hydrogens is 404 g/mol. The first-order valence-corrected chi connectivity index (χ1v) is 9.88. The van der Waals surface area contributed by atoms with Crippen molar-refractivity contribution >= 4 is 17.7 Å². The summed E-state index contributed by atoms with van der Waals surface area (Å²) in [5.74, 6) is -0.571. The third-order valence-electron chi connectivity index (χ3n) is 5.12. The highest BCUT2D eigenvalue weighted by atomic mass is 19.1. The van der Waals surface area contributed by atoms with Crippen molar-refractivity contribution < 1.29 is 18.7 Å². The van der Waals surface area contributed by atoms with Gasteiger partial charge >= 0.3 is 0 Å². The highest BCUT2D eigenvalue weighted by Crippen LogP contribution is 2.22. The minimum absolute atomic E-state index is 0.0742. The molecule has 0 radical (unpaired) electrons. The molecule has 0 aliphatic carbocycles. The molecular formula is C22H21F2N5O2.